The van der Waals surface area contributed by atoms with Crippen molar-refractivity contribution in [2.45, 2.75) is 30.4 Å². The monoisotopic (exact) mass is 352 g/mol. The Balaban J connectivity index is 2.39. The Kier molecular flexibility index (Phi) is 4.22. The molecule has 0 aromatic heterocycles. The van der Waals surface area contributed by atoms with Gasteiger partial charge >= 0.3 is 6.18 Å². The van der Waals surface area contributed by atoms with Gasteiger partial charge in [0.25, 0.3) is 5.69 Å². The summed E-state index contributed by atoms with van der Waals surface area (Å²) >= 11 is 3.18. The predicted octanol–water partition coefficient (Wildman–Crippen LogP) is 4.02. The lowest BCUT2D eigenvalue weighted by Gasteiger charge is -2.25. The van der Waals surface area contributed by atoms with Gasteiger partial charge in [-0.15, -0.1) is 0 Å². The molecule has 0 N–H and O–H groups in total. The van der Waals surface area contributed by atoms with E-state index in [4.69, 9.17) is 0 Å². The van der Waals surface area contributed by atoms with Crippen molar-refractivity contribution in [1.82, 2.24) is 0 Å². The highest BCUT2D eigenvalue weighted by Crippen LogP contribution is 2.39. The highest BCUT2D eigenvalue weighted by Gasteiger charge is 2.40. The molecule has 0 unspecified atom stereocenters. The Labute approximate surface area is 121 Å². The number of alkyl halides is 4. The molecule has 110 valence electrons. The second kappa shape index (κ2) is 5.59. The molecule has 0 heterocycles. The first-order valence-electron chi connectivity index (χ1n) is 5.98. The molecule has 1 aromatic rings. The second-order valence-electron chi connectivity index (χ2n) is 4.69. The van der Waals surface area contributed by atoms with E-state index in [1.54, 1.807) is 6.07 Å². The van der Waals surface area contributed by atoms with E-state index in [-0.39, 0.29) is 17.4 Å². The van der Waals surface area contributed by atoms with E-state index in [0.717, 1.165) is 4.90 Å². The summed E-state index contributed by atoms with van der Waals surface area (Å²) in [5, 5.41) is 11.5. The standard InChI is InChI=1S/C12H12BrF3N2O2/c13-6-8-1-4-10(11(5-8)18(19)20)17(9-2-3-9)7-12(14,15)16/h1,4-5,9H,2-3,6-7H2. The van der Waals surface area contributed by atoms with Crippen LogP contribution < -0.4 is 4.90 Å². The maximum atomic E-state index is 12.6. The zero-order valence-electron chi connectivity index (χ0n) is 10.4. The molecule has 0 aliphatic heterocycles. The Morgan fingerprint density at radius 3 is 2.50 bits per heavy atom. The van der Waals surface area contributed by atoms with Crippen LogP contribution in [0.2, 0.25) is 0 Å². The number of halogens is 4. The SMILES string of the molecule is O=[N+]([O-])c1cc(CBr)ccc1N(CC(F)(F)F)C1CC1. The predicted molar refractivity (Wildman–Crippen MR) is 72.2 cm³/mol. The number of nitro groups is 1. The molecule has 2 rings (SSSR count). The summed E-state index contributed by atoms with van der Waals surface area (Å²) in [5.74, 6) is 0. The van der Waals surface area contributed by atoms with Gasteiger partial charge in [-0.2, -0.15) is 13.2 Å². The molecule has 0 amide bonds. The lowest BCUT2D eigenvalue weighted by Crippen LogP contribution is -2.36. The van der Waals surface area contributed by atoms with Crippen molar-refractivity contribution in [1.29, 1.82) is 0 Å². The molecule has 1 saturated carbocycles. The van der Waals surface area contributed by atoms with Gasteiger partial charge in [0.05, 0.1) is 4.92 Å². The first kappa shape index (κ1) is 15.1. The van der Waals surface area contributed by atoms with Gasteiger partial charge in [0.15, 0.2) is 0 Å². The van der Waals surface area contributed by atoms with Crippen LogP contribution >= 0.6 is 15.9 Å². The van der Waals surface area contributed by atoms with Gasteiger partial charge in [0.2, 0.25) is 0 Å². The molecule has 0 radical (unpaired) electrons. The smallest absolute Gasteiger partial charge is 0.354 e. The van der Waals surface area contributed by atoms with Gasteiger partial charge in [-0.3, -0.25) is 10.1 Å². The minimum absolute atomic E-state index is 0.0412. The Morgan fingerprint density at radius 2 is 2.05 bits per heavy atom. The van der Waals surface area contributed by atoms with E-state index in [1.165, 1.54) is 12.1 Å². The zero-order chi connectivity index (χ0) is 14.9. The highest BCUT2D eigenvalue weighted by atomic mass is 79.9. The molecule has 4 nitrogen and oxygen atoms in total. The number of hydrogen-bond donors (Lipinski definition) is 0. The summed E-state index contributed by atoms with van der Waals surface area (Å²) in [6, 6.07) is 4.06. The van der Waals surface area contributed by atoms with E-state index < -0.39 is 17.6 Å². The number of rotatable bonds is 5. The third kappa shape index (κ3) is 3.62. The third-order valence-electron chi connectivity index (χ3n) is 3.04. The average molecular weight is 353 g/mol. The lowest BCUT2D eigenvalue weighted by atomic mass is 10.1. The largest absolute Gasteiger partial charge is 0.405 e. The Bertz CT molecular complexity index is 518. The first-order valence-corrected chi connectivity index (χ1v) is 7.10. The second-order valence-corrected chi connectivity index (χ2v) is 5.25. The molecule has 1 aliphatic carbocycles. The van der Waals surface area contributed by atoms with E-state index in [1.807, 2.05) is 0 Å². The molecule has 0 atom stereocenters. The van der Waals surface area contributed by atoms with Crippen molar-refractivity contribution in [3.05, 3.63) is 33.9 Å². The lowest BCUT2D eigenvalue weighted by molar-refractivity contribution is -0.384. The minimum Gasteiger partial charge on any atom is -0.354 e. The van der Waals surface area contributed by atoms with Gasteiger partial charge < -0.3 is 4.90 Å². The number of hydrogen-bond acceptors (Lipinski definition) is 3. The summed E-state index contributed by atoms with van der Waals surface area (Å²) in [6.07, 6.45) is -3.12. The van der Waals surface area contributed by atoms with E-state index in [2.05, 4.69) is 15.9 Å². The quantitative estimate of drug-likeness (QED) is 0.456. The van der Waals surface area contributed by atoms with E-state index in [0.29, 0.717) is 23.7 Å². The van der Waals surface area contributed by atoms with Crippen molar-refractivity contribution < 1.29 is 18.1 Å². The molecule has 1 fully saturated rings. The van der Waals surface area contributed by atoms with Crippen molar-refractivity contribution in [3.8, 4) is 0 Å². The topological polar surface area (TPSA) is 46.4 Å². The molecular formula is C12H12BrF3N2O2. The van der Waals surface area contributed by atoms with Gasteiger partial charge in [-0.25, -0.2) is 0 Å². The summed E-state index contributed by atoms with van der Waals surface area (Å²) in [4.78, 5) is 11.5. The fraction of sp³-hybridized carbons (Fsp3) is 0.500. The molecule has 1 aromatic carbocycles. The third-order valence-corrected chi connectivity index (χ3v) is 3.69. The van der Waals surface area contributed by atoms with Crippen LogP contribution in [0.3, 0.4) is 0 Å². The molecule has 0 bridgehead atoms. The van der Waals surface area contributed by atoms with Gasteiger partial charge in [0.1, 0.15) is 12.2 Å². The summed E-state index contributed by atoms with van der Waals surface area (Å²) < 4.78 is 37.9. The van der Waals surface area contributed by atoms with Crippen LogP contribution in [-0.2, 0) is 5.33 Å². The molecule has 8 heteroatoms. The molecule has 0 spiro atoms. The minimum atomic E-state index is -4.38. The van der Waals surface area contributed by atoms with Crippen LogP contribution in [0.5, 0.6) is 0 Å². The first-order chi connectivity index (χ1) is 9.31. The van der Waals surface area contributed by atoms with Crippen LogP contribution in [-0.4, -0.2) is 23.7 Å². The van der Waals surface area contributed by atoms with E-state index in [9.17, 15) is 23.3 Å². The molecule has 20 heavy (non-hydrogen) atoms. The zero-order valence-corrected chi connectivity index (χ0v) is 11.9. The maximum Gasteiger partial charge on any atom is 0.405 e. The van der Waals surface area contributed by atoms with Crippen LogP contribution in [0.15, 0.2) is 18.2 Å². The van der Waals surface area contributed by atoms with Crippen LogP contribution in [0.1, 0.15) is 18.4 Å². The Hall–Kier alpha value is -1.31. The fourth-order valence-corrected chi connectivity index (χ4v) is 2.38. The van der Waals surface area contributed by atoms with Crippen molar-refractivity contribution >= 4 is 27.3 Å². The van der Waals surface area contributed by atoms with Gasteiger partial charge in [-0.1, -0.05) is 22.0 Å². The van der Waals surface area contributed by atoms with E-state index >= 15 is 0 Å². The van der Waals surface area contributed by atoms with Gasteiger partial charge in [-0.05, 0) is 24.5 Å². The van der Waals surface area contributed by atoms with Crippen molar-refractivity contribution in [2.75, 3.05) is 11.4 Å². The number of benzene rings is 1. The average Bonchev–Trinajstić information content (AvgIpc) is 3.18. The van der Waals surface area contributed by atoms with Crippen LogP contribution in [0, 0.1) is 10.1 Å². The number of nitro benzene ring substituents is 1. The van der Waals surface area contributed by atoms with Crippen molar-refractivity contribution in [2.24, 2.45) is 0 Å². The van der Waals surface area contributed by atoms with Crippen molar-refractivity contribution in [3.63, 3.8) is 0 Å². The highest BCUT2D eigenvalue weighted by molar-refractivity contribution is 9.08. The number of anilines is 1. The maximum absolute atomic E-state index is 12.6. The summed E-state index contributed by atoms with van der Waals surface area (Å²) in [5.41, 5.74) is 0.417. The Morgan fingerprint density at radius 1 is 1.40 bits per heavy atom. The summed E-state index contributed by atoms with van der Waals surface area (Å²) in [6.45, 7) is -1.16. The molecule has 1 aliphatic rings. The van der Waals surface area contributed by atoms with Crippen LogP contribution in [0.25, 0.3) is 0 Å². The number of nitrogens with zero attached hydrogens (tertiary/aromatic N) is 2. The van der Waals surface area contributed by atoms with Crippen LogP contribution in [0.4, 0.5) is 24.5 Å². The normalized spacial score (nSPS) is 15.2. The van der Waals surface area contributed by atoms with Gasteiger partial charge in [0, 0.05) is 17.4 Å². The summed E-state index contributed by atoms with van der Waals surface area (Å²) in [7, 11) is 0. The molecule has 0 saturated heterocycles. The fourth-order valence-electron chi connectivity index (χ4n) is 2.03. The molecular weight excluding hydrogens is 341 g/mol.